The van der Waals surface area contributed by atoms with Crippen LogP contribution in [0.3, 0.4) is 0 Å². The van der Waals surface area contributed by atoms with Gasteiger partial charge in [-0.15, -0.1) is 0 Å². The first-order valence-corrected chi connectivity index (χ1v) is 8.44. The fourth-order valence-corrected chi connectivity index (χ4v) is 3.11. The SMILES string of the molecule is O=C(c1ccccc1)N1NC(c2ccccc2)=C[C@H]1c1ccccc1O. The van der Waals surface area contributed by atoms with Gasteiger partial charge < -0.3 is 5.11 Å². The second kappa shape index (κ2) is 6.76. The van der Waals surface area contributed by atoms with Gasteiger partial charge in [0.2, 0.25) is 0 Å². The number of aromatic hydroxyl groups is 1. The second-order valence-electron chi connectivity index (χ2n) is 6.10. The van der Waals surface area contributed by atoms with E-state index in [9.17, 15) is 9.90 Å². The van der Waals surface area contributed by atoms with E-state index in [1.807, 2.05) is 66.7 Å². The molecule has 4 nitrogen and oxygen atoms in total. The van der Waals surface area contributed by atoms with Crippen molar-refractivity contribution in [3.63, 3.8) is 0 Å². The Morgan fingerprint density at radius 2 is 1.46 bits per heavy atom. The summed E-state index contributed by atoms with van der Waals surface area (Å²) in [5, 5.41) is 11.9. The van der Waals surface area contributed by atoms with Crippen LogP contribution in [0.15, 0.2) is 91.0 Å². The Morgan fingerprint density at radius 3 is 2.15 bits per heavy atom. The number of phenolic OH excluding ortho intramolecular Hbond substituents is 1. The summed E-state index contributed by atoms with van der Waals surface area (Å²) < 4.78 is 0. The fraction of sp³-hybridized carbons (Fsp3) is 0.0455. The van der Waals surface area contributed by atoms with E-state index in [0.29, 0.717) is 11.1 Å². The number of hydrazine groups is 1. The summed E-state index contributed by atoms with van der Waals surface area (Å²) in [5.74, 6) is 0.0109. The summed E-state index contributed by atoms with van der Waals surface area (Å²) >= 11 is 0. The predicted octanol–water partition coefficient (Wildman–Crippen LogP) is 4.14. The van der Waals surface area contributed by atoms with Crippen molar-refractivity contribution in [3.05, 3.63) is 108 Å². The Labute approximate surface area is 152 Å². The van der Waals surface area contributed by atoms with E-state index in [1.165, 1.54) is 0 Å². The molecule has 0 radical (unpaired) electrons. The minimum atomic E-state index is -0.404. The molecule has 2 N–H and O–H groups in total. The van der Waals surface area contributed by atoms with Crippen LogP contribution in [-0.2, 0) is 0 Å². The number of hydrogen-bond acceptors (Lipinski definition) is 3. The number of carbonyl (C=O) groups is 1. The molecule has 0 saturated carbocycles. The topological polar surface area (TPSA) is 52.6 Å². The van der Waals surface area contributed by atoms with Crippen molar-refractivity contribution in [2.45, 2.75) is 6.04 Å². The molecule has 0 saturated heterocycles. The Morgan fingerprint density at radius 1 is 0.846 bits per heavy atom. The van der Waals surface area contributed by atoms with E-state index < -0.39 is 6.04 Å². The fourth-order valence-electron chi connectivity index (χ4n) is 3.11. The molecule has 1 aliphatic heterocycles. The Bertz CT molecular complexity index is 952. The summed E-state index contributed by atoms with van der Waals surface area (Å²) in [7, 11) is 0. The molecule has 1 atom stereocenters. The summed E-state index contributed by atoms with van der Waals surface area (Å²) in [5.41, 5.74) is 6.30. The molecule has 0 aromatic heterocycles. The maximum atomic E-state index is 13.1. The van der Waals surface area contributed by atoms with Gasteiger partial charge in [-0.25, -0.2) is 5.01 Å². The largest absolute Gasteiger partial charge is 0.508 e. The smallest absolute Gasteiger partial charge is 0.273 e. The normalized spacial score (nSPS) is 16.1. The number of amides is 1. The monoisotopic (exact) mass is 342 g/mol. The maximum Gasteiger partial charge on any atom is 0.273 e. The number of hydrogen-bond donors (Lipinski definition) is 2. The van der Waals surface area contributed by atoms with Gasteiger partial charge in [-0.05, 0) is 29.8 Å². The van der Waals surface area contributed by atoms with Crippen LogP contribution < -0.4 is 5.43 Å². The number of nitrogens with one attached hydrogen (secondary N) is 1. The second-order valence-corrected chi connectivity index (χ2v) is 6.10. The van der Waals surface area contributed by atoms with E-state index in [4.69, 9.17) is 0 Å². The molecule has 1 heterocycles. The zero-order valence-electron chi connectivity index (χ0n) is 14.0. The van der Waals surface area contributed by atoms with Crippen molar-refractivity contribution in [3.8, 4) is 5.75 Å². The van der Waals surface area contributed by atoms with Gasteiger partial charge in [0, 0.05) is 11.1 Å². The zero-order chi connectivity index (χ0) is 17.9. The number of nitrogens with zero attached hydrogens (tertiary/aromatic N) is 1. The summed E-state index contributed by atoms with van der Waals surface area (Å²) in [4.78, 5) is 13.1. The molecule has 4 rings (SSSR count). The molecule has 1 aliphatic rings. The summed E-state index contributed by atoms with van der Waals surface area (Å²) in [6.07, 6.45) is 1.96. The van der Waals surface area contributed by atoms with Gasteiger partial charge >= 0.3 is 0 Å². The molecule has 1 amide bonds. The van der Waals surface area contributed by atoms with Crippen LogP contribution in [0.25, 0.3) is 5.70 Å². The standard InChI is InChI=1S/C22H18N2O2/c25-21-14-8-7-13-18(21)20-15-19(16-9-3-1-4-10-16)23-24(20)22(26)17-11-5-2-6-12-17/h1-15,20,23,25H/t20-/m0/s1. The van der Waals surface area contributed by atoms with Crippen LogP contribution in [-0.4, -0.2) is 16.0 Å². The third-order valence-electron chi connectivity index (χ3n) is 4.42. The third-order valence-corrected chi connectivity index (χ3v) is 4.42. The van der Waals surface area contributed by atoms with E-state index >= 15 is 0 Å². The van der Waals surface area contributed by atoms with Gasteiger partial charge in [0.05, 0.1) is 5.70 Å². The van der Waals surface area contributed by atoms with E-state index in [2.05, 4.69) is 5.43 Å². The maximum absolute atomic E-state index is 13.1. The molecule has 0 spiro atoms. The van der Waals surface area contributed by atoms with Crippen LogP contribution in [0.2, 0.25) is 0 Å². The van der Waals surface area contributed by atoms with Crippen LogP contribution >= 0.6 is 0 Å². The number of benzene rings is 3. The highest BCUT2D eigenvalue weighted by atomic mass is 16.3. The lowest BCUT2D eigenvalue weighted by atomic mass is 10.0. The molecule has 0 bridgehead atoms. The van der Waals surface area contributed by atoms with Gasteiger partial charge in [-0.3, -0.25) is 10.2 Å². The minimum absolute atomic E-state index is 0.152. The lowest BCUT2D eigenvalue weighted by molar-refractivity contribution is 0.0671. The van der Waals surface area contributed by atoms with E-state index in [-0.39, 0.29) is 11.7 Å². The third kappa shape index (κ3) is 2.93. The Hall–Kier alpha value is -3.53. The van der Waals surface area contributed by atoms with E-state index in [1.54, 1.807) is 29.3 Å². The first-order valence-electron chi connectivity index (χ1n) is 8.44. The highest BCUT2D eigenvalue weighted by molar-refractivity contribution is 5.95. The van der Waals surface area contributed by atoms with Gasteiger partial charge in [-0.1, -0.05) is 66.7 Å². The van der Waals surface area contributed by atoms with Crippen molar-refractivity contribution < 1.29 is 9.90 Å². The highest BCUT2D eigenvalue weighted by Gasteiger charge is 2.32. The molecular weight excluding hydrogens is 324 g/mol. The molecule has 3 aromatic carbocycles. The van der Waals surface area contributed by atoms with Crippen LogP contribution in [0.1, 0.15) is 27.5 Å². The van der Waals surface area contributed by atoms with Crippen molar-refractivity contribution in [2.24, 2.45) is 0 Å². The van der Waals surface area contributed by atoms with Crippen molar-refractivity contribution in [1.29, 1.82) is 0 Å². The zero-order valence-corrected chi connectivity index (χ0v) is 14.0. The molecule has 0 aliphatic carbocycles. The molecule has 0 unspecified atom stereocenters. The molecule has 3 aromatic rings. The number of phenols is 1. The van der Waals surface area contributed by atoms with Crippen LogP contribution in [0.4, 0.5) is 0 Å². The predicted molar refractivity (Wildman–Crippen MR) is 101 cm³/mol. The average molecular weight is 342 g/mol. The number of rotatable bonds is 3. The molecule has 4 heteroatoms. The van der Waals surface area contributed by atoms with E-state index in [0.717, 1.165) is 11.3 Å². The molecular formula is C22H18N2O2. The van der Waals surface area contributed by atoms with Crippen molar-refractivity contribution in [1.82, 2.24) is 10.4 Å². The quantitative estimate of drug-likeness (QED) is 0.752. The number of carbonyl (C=O) groups excluding carboxylic acids is 1. The lowest BCUT2D eigenvalue weighted by Gasteiger charge is -2.26. The minimum Gasteiger partial charge on any atom is -0.508 e. The summed E-state index contributed by atoms with van der Waals surface area (Å²) in [6.45, 7) is 0. The number of para-hydroxylation sites is 1. The first-order chi connectivity index (χ1) is 12.7. The Balaban J connectivity index is 1.75. The van der Waals surface area contributed by atoms with Gasteiger partial charge in [-0.2, -0.15) is 0 Å². The van der Waals surface area contributed by atoms with Gasteiger partial charge in [0.15, 0.2) is 0 Å². The molecule has 128 valence electrons. The first kappa shape index (κ1) is 16.0. The summed E-state index contributed by atoms with van der Waals surface area (Å²) in [6, 6.07) is 25.6. The lowest BCUT2D eigenvalue weighted by Crippen LogP contribution is -2.39. The highest BCUT2D eigenvalue weighted by Crippen LogP contribution is 2.36. The van der Waals surface area contributed by atoms with Crippen LogP contribution in [0, 0.1) is 0 Å². The molecule has 26 heavy (non-hydrogen) atoms. The average Bonchev–Trinajstić information content (AvgIpc) is 3.14. The van der Waals surface area contributed by atoms with Crippen LogP contribution in [0.5, 0.6) is 5.75 Å². The molecule has 0 fully saturated rings. The van der Waals surface area contributed by atoms with Crippen molar-refractivity contribution >= 4 is 11.6 Å². The Kier molecular flexibility index (Phi) is 4.15. The van der Waals surface area contributed by atoms with Gasteiger partial charge in [0.1, 0.15) is 11.8 Å². The van der Waals surface area contributed by atoms with Gasteiger partial charge in [0.25, 0.3) is 5.91 Å². The van der Waals surface area contributed by atoms with Crippen molar-refractivity contribution in [2.75, 3.05) is 0 Å².